The van der Waals surface area contributed by atoms with E-state index in [4.69, 9.17) is 14.6 Å². The van der Waals surface area contributed by atoms with Gasteiger partial charge in [-0.1, -0.05) is 0 Å². The van der Waals surface area contributed by atoms with Gasteiger partial charge in [-0.3, -0.25) is 4.90 Å². The summed E-state index contributed by atoms with van der Waals surface area (Å²) in [4.78, 5) is 17.6. The topological polar surface area (TPSA) is 71.9 Å². The van der Waals surface area contributed by atoms with E-state index in [1.54, 1.807) is 7.11 Å². The molecular formula is C17H20N2O4S. The number of aromatic nitrogens is 1. The molecule has 1 aliphatic rings. The van der Waals surface area contributed by atoms with E-state index in [2.05, 4.69) is 9.88 Å². The van der Waals surface area contributed by atoms with Crippen molar-refractivity contribution in [1.82, 2.24) is 9.88 Å². The highest BCUT2D eigenvalue weighted by molar-refractivity contribution is 7.13. The standard InChI is InChI=1S/C17H20N2O4S/c1-22-12-4-5-13(16-18-14(11-24-16)17(20)21)15(10-12)23-9-8-19-6-2-3-7-19/h4-5,10-11H,2-3,6-9H2,1H3,(H,20,21). The average Bonchev–Trinajstić information content (AvgIpc) is 3.26. The Balaban J connectivity index is 1.77. The van der Waals surface area contributed by atoms with E-state index in [1.165, 1.54) is 29.6 Å². The lowest BCUT2D eigenvalue weighted by molar-refractivity contribution is 0.0691. The molecule has 1 fully saturated rings. The van der Waals surface area contributed by atoms with Gasteiger partial charge in [-0.05, 0) is 38.1 Å². The molecule has 24 heavy (non-hydrogen) atoms. The Morgan fingerprint density at radius 1 is 1.38 bits per heavy atom. The van der Waals surface area contributed by atoms with Crippen LogP contribution in [0.25, 0.3) is 10.6 Å². The molecule has 0 spiro atoms. The van der Waals surface area contributed by atoms with Gasteiger partial charge in [0.25, 0.3) is 0 Å². The molecule has 2 aromatic rings. The quantitative estimate of drug-likeness (QED) is 0.829. The molecule has 1 aromatic heterocycles. The zero-order valence-corrected chi connectivity index (χ0v) is 14.3. The fraction of sp³-hybridized carbons (Fsp3) is 0.412. The van der Waals surface area contributed by atoms with Crippen molar-refractivity contribution in [2.75, 3.05) is 33.4 Å². The summed E-state index contributed by atoms with van der Waals surface area (Å²) in [6.45, 7) is 3.72. The van der Waals surface area contributed by atoms with Crippen LogP contribution >= 0.6 is 11.3 Å². The number of likely N-dealkylation sites (tertiary alicyclic amines) is 1. The van der Waals surface area contributed by atoms with Crippen molar-refractivity contribution in [3.05, 3.63) is 29.3 Å². The van der Waals surface area contributed by atoms with E-state index < -0.39 is 5.97 Å². The summed E-state index contributed by atoms with van der Waals surface area (Å²) in [7, 11) is 1.61. The van der Waals surface area contributed by atoms with E-state index in [0.29, 0.717) is 23.1 Å². The second kappa shape index (κ2) is 7.63. The van der Waals surface area contributed by atoms with Gasteiger partial charge in [0.05, 0.1) is 12.7 Å². The molecule has 0 amide bonds. The Morgan fingerprint density at radius 3 is 2.83 bits per heavy atom. The van der Waals surface area contributed by atoms with Crippen LogP contribution < -0.4 is 9.47 Å². The van der Waals surface area contributed by atoms with Crippen LogP contribution in [0.5, 0.6) is 11.5 Å². The molecule has 2 heterocycles. The second-order valence-electron chi connectivity index (χ2n) is 5.60. The molecule has 7 heteroatoms. The smallest absolute Gasteiger partial charge is 0.355 e. The second-order valence-corrected chi connectivity index (χ2v) is 6.46. The lowest BCUT2D eigenvalue weighted by Gasteiger charge is -2.16. The molecule has 128 valence electrons. The van der Waals surface area contributed by atoms with Gasteiger partial charge in [0.2, 0.25) is 0 Å². The maximum absolute atomic E-state index is 11.0. The maximum atomic E-state index is 11.0. The van der Waals surface area contributed by atoms with Crippen molar-refractivity contribution >= 4 is 17.3 Å². The number of rotatable bonds is 7. The van der Waals surface area contributed by atoms with E-state index >= 15 is 0 Å². The minimum Gasteiger partial charge on any atom is -0.497 e. The number of carbonyl (C=O) groups is 1. The monoisotopic (exact) mass is 348 g/mol. The molecule has 6 nitrogen and oxygen atoms in total. The minimum absolute atomic E-state index is 0.0498. The van der Waals surface area contributed by atoms with Crippen LogP contribution in [0.2, 0.25) is 0 Å². The number of nitrogens with zero attached hydrogens (tertiary/aromatic N) is 2. The van der Waals surface area contributed by atoms with Gasteiger partial charge in [0.15, 0.2) is 5.69 Å². The van der Waals surface area contributed by atoms with Crippen molar-refractivity contribution in [3.8, 4) is 22.1 Å². The first-order valence-electron chi connectivity index (χ1n) is 7.90. The number of hydrogen-bond donors (Lipinski definition) is 1. The van der Waals surface area contributed by atoms with Gasteiger partial charge in [0.1, 0.15) is 23.1 Å². The third-order valence-corrected chi connectivity index (χ3v) is 4.88. The fourth-order valence-electron chi connectivity index (χ4n) is 2.71. The largest absolute Gasteiger partial charge is 0.497 e. The van der Waals surface area contributed by atoms with E-state index in [-0.39, 0.29) is 5.69 Å². The molecule has 0 bridgehead atoms. The van der Waals surface area contributed by atoms with Crippen molar-refractivity contribution in [2.24, 2.45) is 0 Å². The Labute approximate surface area is 144 Å². The van der Waals surface area contributed by atoms with Gasteiger partial charge in [-0.25, -0.2) is 9.78 Å². The van der Waals surface area contributed by atoms with Gasteiger partial charge in [-0.15, -0.1) is 11.3 Å². The molecule has 1 aliphatic heterocycles. The lowest BCUT2D eigenvalue weighted by Crippen LogP contribution is -2.25. The molecule has 3 rings (SSSR count). The molecule has 1 N–H and O–H groups in total. The summed E-state index contributed by atoms with van der Waals surface area (Å²) in [5, 5.41) is 11.2. The summed E-state index contributed by atoms with van der Waals surface area (Å²) in [5.41, 5.74) is 0.837. The highest BCUT2D eigenvalue weighted by Crippen LogP contribution is 2.35. The van der Waals surface area contributed by atoms with E-state index in [9.17, 15) is 4.79 Å². The summed E-state index contributed by atoms with van der Waals surface area (Å²) >= 11 is 1.29. The molecule has 0 radical (unpaired) electrons. The SMILES string of the molecule is COc1ccc(-c2nc(C(=O)O)cs2)c(OCCN2CCCC2)c1. The average molecular weight is 348 g/mol. The number of methoxy groups -OCH3 is 1. The van der Waals surface area contributed by atoms with Crippen molar-refractivity contribution in [1.29, 1.82) is 0 Å². The van der Waals surface area contributed by atoms with Crippen molar-refractivity contribution in [3.63, 3.8) is 0 Å². The van der Waals surface area contributed by atoms with Crippen LogP contribution in [0.4, 0.5) is 0 Å². The highest BCUT2D eigenvalue weighted by atomic mass is 32.1. The number of carboxylic acid groups (broad SMARTS) is 1. The highest BCUT2D eigenvalue weighted by Gasteiger charge is 2.16. The molecule has 0 unspecified atom stereocenters. The summed E-state index contributed by atoms with van der Waals surface area (Å²) in [6, 6.07) is 5.50. The van der Waals surface area contributed by atoms with Crippen LogP contribution in [-0.4, -0.2) is 54.3 Å². The Kier molecular flexibility index (Phi) is 5.32. The van der Waals surface area contributed by atoms with Crippen molar-refractivity contribution < 1.29 is 19.4 Å². The first-order valence-corrected chi connectivity index (χ1v) is 8.77. The summed E-state index contributed by atoms with van der Waals surface area (Å²) < 4.78 is 11.2. The fourth-order valence-corrected chi connectivity index (χ4v) is 3.54. The number of thiazole rings is 1. The first kappa shape index (κ1) is 16.7. The lowest BCUT2D eigenvalue weighted by atomic mass is 10.2. The number of aromatic carboxylic acids is 1. The van der Waals surface area contributed by atoms with Gasteiger partial charge < -0.3 is 14.6 Å². The zero-order chi connectivity index (χ0) is 16.9. The molecular weight excluding hydrogens is 328 g/mol. The van der Waals surface area contributed by atoms with Gasteiger partial charge in [0, 0.05) is 18.0 Å². The minimum atomic E-state index is -1.03. The number of ether oxygens (including phenoxy) is 2. The van der Waals surface area contributed by atoms with Gasteiger partial charge in [-0.2, -0.15) is 0 Å². The molecule has 1 aromatic carbocycles. The predicted molar refractivity (Wildman–Crippen MR) is 92.2 cm³/mol. The zero-order valence-electron chi connectivity index (χ0n) is 13.5. The van der Waals surface area contributed by atoms with E-state index in [1.807, 2.05) is 18.2 Å². The molecule has 0 atom stereocenters. The third-order valence-electron chi connectivity index (χ3n) is 4.01. The number of benzene rings is 1. The summed E-state index contributed by atoms with van der Waals surface area (Å²) in [5.74, 6) is 0.340. The van der Waals surface area contributed by atoms with Crippen LogP contribution in [0, 0.1) is 0 Å². The predicted octanol–water partition coefficient (Wildman–Crippen LogP) is 2.99. The van der Waals surface area contributed by atoms with Crippen LogP contribution in [0.15, 0.2) is 23.6 Å². The molecule has 1 saturated heterocycles. The van der Waals surface area contributed by atoms with Crippen LogP contribution in [0.1, 0.15) is 23.3 Å². The van der Waals surface area contributed by atoms with Crippen molar-refractivity contribution in [2.45, 2.75) is 12.8 Å². The van der Waals surface area contributed by atoms with Crippen LogP contribution in [-0.2, 0) is 0 Å². The third kappa shape index (κ3) is 3.85. The normalized spacial score (nSPS) is 14.7. The number of hydrogen-bond acceptors (Lipinski definition) is 6. The maximum Gasteiger partial charge on any atom is 0.355 e. The first-order chi connectivity index (χ1) is 11.7. The Morgan fingerprint density at radius 2 is 2.17 bits per heavy atom. The number of carboxylic acids is 1. The molecule has 0 aliphatic carbocycles. The molecule has 0 saturated carbocycles. The van der Waals surface area contributed by atoms with Gasteiger partial charge >= 0.3 is 5.97 Å². The Hall–Kier alpha value is -2.12. The summed E-state index contributed by atoms with van der Waals surface area (Å²) in [6.07, 6.45) is 2.50. The Bertz CT molecular complexity index is 710. The van der Waals surface area contributed by atoms with Crippen LogP contribution in [0.3, 0.4) is 0 Å². The van der Waals surface area contributed by atoms with E-state index in [0.717, 1.165) is 25.2 Å².